The van der Waals surface area contributed by atoms with Crippen LogP contribution in [0.4, 0.5) is 18.9 Å². The molecule has 33 heavy (non-hydrogen) atoms. The van der Waals surface area contributed by atoms with E-state index in [0.717, 1.165) is 19.3 Å². The first-order valence-corrected chi connectivity index (χ1v) is 12.4. The number of sulfonamides is 1. The van der Waals surface area contributed by atoms with Crippen LogP contribution in [0.2, 0.25) is 0 Å². The number of nitrogens with zero attached hydrogens (tertiary/aromatic N) is 1. The second-order valence-corrected chi connectivity index (χ2v) is 10.0. The minimum Gasteiger partial charge on any atom is -0.322 e. The van der Waals surface area contributed by atoms with Crippen LogP contribution in [0.25, 0.3) is 6.08 Å². The molecule has 1 heterocycles. The first-order valence-electron chi connectivity index (χ1n) is 10.1. The number of carbonyl (C=O) groups is 1. The van der Waals surface area contributed by atoms with E-state index in [-0.39, 0.29) is 27.2 Å². The fourth-order valence-corrected chi connectivity index (χ4v) is 4.72. The summed E-state index contributed by atoms with van der Waals surface area (Å²) in [5, 5.41) is 2.58. The quantitative estimate of drug-likeness (QED) is 0.424. The van der Waals surface area contributed by atoms with Gasteiger partial charge in [0.25, 0.3) is 10.0 Å². The van der Waals surface area contributed by atoms with Crippen LogP contribution in [0, 0.1) is 0 Å². The van der Waals surface area contributed by atoms with E-state index in [1.165, 1.54) is 54.6 Å². The van der Waals surface area contributed by atoms with Gasteiger partial charge >= 0.3 is 5.51 Å². The van der Waals surface area contributed by atoms with Crippen molar-refractivity contribution in [3.05, 3.63) is 60.2 Å². The lowest BCUT2D eigenvalue weighted by Gasteiger charge is -2.11. The maximum Gasteiger partial charge on any atom is 0.446 e. The largest absolute Gasteiger partial charge is 0.446 e. The van der Waals surface area contributed by atoms with E-state index < -0.39 is 21.4 Å². The normalized spacial score (nSPS) is 15.1. The van der Waals surface area contributed by atoms with Crippen LogP contribution in [0.5, 0.6) is 0 Å². The van der Waals surface area contributed by atoms with Gasteiger partial charge in [0.15, 0.2) is 0 Å². The smallest absolute Gasteiger partial charge is 0.322 e. The highest BCUT2D eigenvalue weighted by Gasteiger charge is 2.28. The number of hydrogen-bond acceptors (Lipinski definition) is 5. The van der Waals surface area contributed by atoms with Crippen LogP contribution in [0.1, 0.15) is 31.2 Å². The lowest BCUT2D eigenvalue weighted by atomic mass is 10.2. The Labute approximate surface area is 194 Å². The van der Waals surface area contributed by atoms with Gasteiger partial charge < -0.3 is 5.32 Å². The van der Waals surface area contributed by atoms with Gasteiger partial charge in [-0.3, -0.25) is 14.5 Å². The molecule has 11 heteroatoms. The average Bonchev–Trinajstić information content (AvgIpc) is 3.00. The number of aliphatic imine (C=N–C) groups is 1. The second-order valence-electron chi connectivity index (χ2n) is 7.21. The molecule has 0 unspecified atom stereocenters. The number of hydrogen-bond donors (Lipinski definition) is 2. The van der Waals surface area contributed by atoms with Crippen molar-refractivity contribution in [3.8, 4) is 0 Å². The summed E-state index contributed by atoms with van der Waals surface area (Å²) in [6.07, 6.45) is 6.02. The number of nitrogens with one attached hydrogen (secondary N) is 2. The van der Waals surface area contributed by atoms with Gasteiger partial charge in [0.05, 0.1) is 4.90 Å². The summed E-state index contributed by atoms with van der Waals surface area (Å²) in [5.74, 6) is -0.0797. The van der Waals surface area contributed by atoms with Gasteiger partial charge in [-0.1, -0.05) is 24.6 Å². The number of thioether (sulfide) groups is 1. The molecule has 6 nitrogen and oxygen atoms in total. The fraction of sp³-hybridized carbons (Fsp3) is 0.273. The average molecular weight is 498 g/mol. The number of halogens is 3. The molecule has 2 aromatic rings. The predicted octanol–water partition coefficient (Wildman–Crippen LogP) is 5.20. The highest BCUT2D eigenvalue weighted by Crippen LogP contribution is 2.36. The Morgan fingerprint density at radius 1 is 1.06 bits per heavy atom. The van der Waals surface area contributed by atoms with Crippen LogP contribution in [-0.4, -0.2) is 32.2 Å². The predicted molar refractivity (Wildman–Crippen MR) is 124 cm³/mol. The van der Waals surface area contributed by atoms with E-state index in [0.29, 0.717) is 24.4 Å². The molecule has 0 saturated carbocycles. The number of amidine groups is 1. The van der Waals surface area contributed by atoms with Crippen molar-refractivity contribution in [3.63, 3.8) is 0 Å². The van der Waals surface area contributed by atoms with Crippen LogP contribution < -0.4 is 10.0 Å². The molecule has 1 amide bonds. The van der Waals surface area contributed by atoms with Crippen molar-refractivity contribution in [2.75, 3.05) is 11.9 Å². The lowest BCUT2D eigenvalue weighted by Crippen LogP contribution is -2.30. The van der Waals surface area contributed by atoms with Crippen molar-refractivity contribution in [2.45, 2.75) is 41.0 Å². The molecular formula is C22H22F3N3O3S2. The molecule has 176 valence electrons. The molecule has 1 aliphatic rings. The minimum atomic E-state index is -4.36. The highest BCUT2D eigenvalue weighted by molar-refractivity contribution is 8.00. The fourth-order valence-electron chi connectivity index (χ4n) is 3.05. The number of alkyl halides is 3. The summed E-state index contributed by atoms with van der Waals surface area (Å²) in [5.41, 5.74) is -3.54. The molecule has 0 radical (unpaired) electrons. The summed E-state index contributed by atoms with van der Waals surface area (Å²) in [6.45, 7) is 0.587. The third kappa shape index (κ3) is 8.25. The molecule has 3 rings (SSSR count). The number of rotatable bonds is 6. The number of carbonyl (C=O) groups excluding carboxylic acids is 1. The zero-order valence-electron chi connectivity index (χ0n) is 17.4. The van der Waals surface area contributed by atoms with Crippen molar-refractivity contribution in [2.24, 2.45) is 4.99 Å². The molecule has 2 aromatic carbocycles. The zero-order valence-corrected chi connectivity index (χ0v) is 19.1. The van der Waals surface area contributed by atoms with E-state index >= 15 is 0 Å². The van der Waals surface area contributed by atoms with Gasteiger partial charge in [-0.15, -0.1) is 0 Å². The van der Waals surface area contributed by atoms with E-state index in [2.05, 4.69) is 15.0 Å². The van der Waals surface area contributed by atoms with Gasteiger partial charge in [-0.05, 0) is 66.6 Å². The van der Waals surface area contributed by atoms with E-state index in [4.69, 9.17) is 0 Å². The van der Waals surface area contributed by atoms with Crippen LogP contribution in [0.15, 0.2) is 69.4 Å². The first-order chi connectivity index (χ1) is 15.6. The standard InChI is InChI=1S/C22H22F3N3O3S2/c23-22(24,25)32-18-11-8-16(9-12-18)10-13-21(29)27-17-5-4-6-19(15-17)33(30,31)28-20-7-2-1-3-14-26-20/h4-6,8-13,15H,1-3,7,14H2,(H,26,28)(H,27,29)/b13-10+. The molecule has 0 saturated heterocycles. The molecule has 0 bridgehead atoms. The second kappa shape index (κ2) is 10.9. The number of amides is 1. The molecule has 0 atom stereocenters. The van der Waals surface area contributed by atoms with Gasteiger partial charge in [0.2, 0.25) is 5.91 Å². The Balaban J connectivity index is 1.62. The topological polar surface area (TPSA) is 87.6 Å². The van der Waals surface area contributed by atoms with Crippen molar-refractivity contribution < 1.29 is 26.4 Å². The zero-order chi connectivity index (χ0) is 23.9. The minimum absolute atomic E-state index is 0.00557. The van der Waals surface area contributed by atoms with Crippen LogP contribution in [0.3, 0.4) is 0 Å². The Hall–Kier alpha value is -2.79. The maximum atomic E-state index is 12.7. The Bertz CT molecular complexity index is 1150. The molecular weight excluding hydrogens is 475 g/mol. The maximum absolute atomic E-state index is 12.7. The summed E-state index contributed by atoms with van der Waals surface area (Å²) in [7, 11) is -3.84. The number of anilines is 1. The molecule has 0 aromatic heterocycles. The molecule has 0 aliphatic carbocycles. The summed E-state index contributed by atoms with van der Waals surface area (Å²) in [6, 6.07) is 11.4. The van der Waals surface area contributed by atoms with Gasteiger partial charge in [-0.2, -0.15) is 13.2 Å². The van der Waals surface area contributed by atoms with Gasteiger partial charge in [0, 0.05) is 29.6 Å². The van der Waals surface area contributed by atoms with Crippen molar-refractivity contribution in [1.82, 2.24) is 4.72 Å². The SMILES string of the molecule is O=C(/C=C/c1ccc(SC(F)(F)F)cc1)Nc1cccc(S(=O)(=O)NC2=NCCCCC2)c1. The van der Waals surface area contributed by atoms with Crippen molar-refractivity contribution in [1.29, 1.82) is 0 Å². The summed E-state index contributed by atoms with van der Waals surface area (Å²) >= 11 is -0.214. The number of benzene rings is 2. The third-order valence-corrected chi connectivity index (χ3v) is 6.70. The van der Waals surface area contributed by atoms with E-state index in [9.17, 15) is 26.4 Å². The first kappa shape index (κ1) is 24.8. The van der Waals surface area contributed by atoms with E-state index in [1.807, 2.05) is 0 Å². The summed E-state index contributed by atoms with van der Waals surface area (Å²) < 4.78 is 65.1. The van der Waals surface area contributed by atoms with E-state index in [1.54, 1.807) is 6.07 Å². The van der Waals surface area contributed by atoms with Crippen LogP contribution in [-0.2, 0) is 14.8 Å². The van der Waals surface area contributed by atoms with Gasteiger partial charge in [-0.25, -0.2) is 8.42 Å². The van der Waals surface area contributed by atoms with Crippen molar-refractivity contribution >= 4 is 45.3 Å². The van der Waals surface area contributed by atoms with Gasteiger partial charge in [0.1, 0.15) is 5.84 Å². The lowest BCUT2D eigenvalue weighted by molar-refractivity contribution is -0.111. The highest BCUT2D eigenvalue weighted by atomic mass is 32.2. The van der Waals surface area contributed by atoms with Crippen LogP contribution >= 0.6 is 11.8 Å². The monoisotopic (exact) mass is 497 g/mol. The Kier molecular flexibility index (Phi) is 8.20. The summed E-state index contributed by atoms with van der Waals surface area (Å²) in [4.78, 5) is 16.5. The Morgan fingerprint density at radius 3 is 2.55 bits per heavy atom. The molecule has 1 aliphatic heterocycles. The molecule has 0 fully saturated rings. The Morgan fingerprint density at radius 2 is 1.82 bits per heavy atom. The molecule has 0 spiro atoms. The molecule has 2 N–H and O–H groups in total. The third-order valence-electron chi connectivity index (χ3n) is 4.58.